The van der Waals surface area contributed by atoms with E-state index in [1.54, 1.807) is 0 Å². The molecule has 0 aliphatic carbocycles. The Kier molecular flexibility index (Phi) is 23.5. The van der Waals surface area contributed by atoms with Crippen LogP contribution in [0.25, 0.3) is 108 Å². The van der Waals surface area contributed by atoms with E-state index in [1.807, 2.05) is 37.5 Å². The highest BCUT2D eigenvalue weighted by molar-refractivity contribution is 5.79. The van der Waals surface area contributed by atoms with Gasteiger partial charge in [0.15, 0.2) is 61.8 Å². The van der Waals surface area contributed by atoms with Crippen LogP contribution in [0.4, 0.5) is 0 Å². The van der Waals surface area contributed by atoms with E-state index in [0.717, 1.165) is 34.5 Å². The van der Waals surface area contributed by atoms with E-state index in [4.69, 9.17) is 0 Å². The van der Waals surface area contributed by atoms with Gasteiger partial charge in [0.25, 0.3) is 39.9 Å². The van der Waals surface area contributed by atoms with Gasteiger partial charge in [-0.1, -0.05) is 122 Å². The minimum atomic E-state index is 0.405. The fourth-order valence-electron chi connectivity index (χ4n) is 15.8. The molecular formula is C96H113N17+12. The minimum Gasteiger partial charge on any atom is -0.227 e. The molecule has 570 valence electrons. The average molecular weight is 1510 g/mol. The van der Waals surface area contributed by atoms with Gasteiger partial charge in [-0.05, 0) is 112 Å². The van der Waals surface area contributed by atoms with Gasteiger partial charge in [-0.25, -0.2) is 22.8 Å². The summed E-state index contributed by atoms with van der Waals surface area (Å²) in [5, 5.41) is 0. The summed E-state index contributed by atoms with van der Waals surface area (Å²) in [4.78, 5) is 0. The van der Waals surface area contributed by atoms with Crippen LogP contribution in [0.5, 0.6) is 0 Å². The Balaban J connectivity index is 0.000000134. The third-order valence-corrected chi connectivity index (χ3v) is 21.9. The molecular weight excluding hydrogens is 1390 g/mol. The second-order valence-electron chi connectivity index (χ2n) is 30.7. The van der Waals surface area contributed by atoms with Crippen molar-refractivity contribution in [2.24, 2.45) is 84.6 Å². The zero-order valence-electron chi connectivity index (χ0n) is 69.7. The average Bonchev–Trinajstić information content (AvgIpc) is 1.58. The van der Waals surface area contributed by atoms with Crippen molar-refractivity contribution >= 4 is 11.0 Å². The molecule has 17 heteroatoms. The zero-order chi connectivity index (χ0) is 80.1. The Bertz CT molecular complexity index is 6020. The Morgan fingerprint density at radius 3 is 1.01 bits per heavy atom. The number of nitrogens with zero attached hydrogens (tertiary/aromatic N) is 17. The molecule has 12 heterocycles. The lowest BCUT2D eigenvalue weighted by molar-refractivity contribution is -0.764. The molecule has 0 aliphatic heterocycles. The maximum atomic E-state index is 2.49. The fourth-order valence-corrected chi connectivity index (χ4v) is 15.8. The van der Waals surface area contributed by atoms with Crippen molar-refractivity contribution in [1.29, 1.82) is 0 Å². The van der Waals surface area contributed by atoms with Crippen LogP contribution in [-0.2, 0) is 84.6 Å². The molecule has 17 nitrogen and oxygen atoms in total. The van der Waals surface area contributed by atoms with Crippen LogP contribution in [0.1, 0.15) is 101 Å². The van der Waals surface area contributed by atoms with Crippen LogP contribution in [-0.4, -0.2) is 23.1 Å². The van der Waals surface area contributed by atoms with Crippen LogP contribution in [0, 0.1) is 0 Å². The van der Waals surface area contributed by atoms with Crippen LogP contribution in [0.2, 0.25) is 0 Å². The summed E-state index contributed by atoms with van der Waals surface area (Å²) in [6.45, 7) is 18.3. The first kappa shape index (κ1) is 78.4. The second-order valence-corrected chi connectivity index (χ2v) is 30.7. The van der Waals surface area contributed by atoms with E-state index in [-0.39, 0.29) is 0 Å². The van der Waals surface area contributed by atoms with Crippen molar-refractivity contribution in [3.8, 4) is 97.4 Å². The molecule has 113 heavy (non-hydrogen) atoms. The van der Waals surface area contributed by atoms with Gasteiger partial charge in [-0.2, -0.15) is 36.5 Å². The quantitative estimate of drug-likeness (QED) is 0.0918. The Labute approximate surface area is 667 Å². The second kappa shape index (κ2) is 33.8. The number of aromatic nitrogens is 17. The van der Waals surface area contributed by atoms with E-state index in [9.17, 15) is 0 Å². The molecule has 0 fully saturated rings. The van der Waals surface area contributed by atoms with Crippen molar-refractivity contribution < 1.29 is 55.0 Å². The van der Waals surface area contributed by atoms with Crippen LogP contribution in [0.3, 0.4) is 0 Å². The highest BCUT2D eigenvalue weighted by Gasteiger charge is 2.38. The van der Waals surface area contributed by atoms with E-state index >= 15 is 0 Å². The maximum absolute atomic E-state index is 2.49. The number of hydrogen-bond donors (Lipinski definition) is 0. The van der Waals surface area contributed by atoms with Gasteiger partial charge in [0.05, 0.1) is 47.4 Å². The lowest BCUT2D eigenvalue weighted by Gasteiger charge is -2.18. The minimum absolute atomic E-state index is 0.405. The third-order valence-electron chi connectivity index (χ3n) is 21.9. The topological polar surface area (TPSA) is 71.2 Å². The van der Waals surface area contributed by atoms with Gasteiger partial charge in [-0.3, -0.25) is 0 Å². The number of fused-ring (bicyclic) bond motifs is 1. The maximum Gasteiger partial charge on any atom is 0.359 e. The molecule has 16 aromatic rings. The van der Waals surface area contributed by atoms with Gasteiger partial charge in [0.1, 0.15) is 77.1 Å². The summed E-state index contributed by atoms with van der Waals surface area (Å²) < 4.78 is 37.8. The predicted octanol–water partition coefficient (Wildman–Crippen LogP) is 12.2. The molecule has 16 rings (SSSR count). The lowest BCUT2D eigenvalue weighted by atomic mass is 9.92. The number of aryl methyl sites for hydroxylation is 8. The molecule has 12 aromatic heterocycles. The molecule has 4 aromatic carbocycles. The van der Waals surface area contributed by atoms with Gasteiger partial charge < -0.3 is 0 Å². The van der Waals surface area contributed by atoms with Crippen molar-refractivity contribution in [2.45, 2.75) is 79.1 Å². The molecule has 0 atom stereocenters. The number of hydrogen-bond acceptors (Lipinski definition) is 0. The molecule has 0 N–H and O–H groups in total. The summed E-state index contributed by atoms with van der Waals surface area (Å²) in [7, 11) is 25.3. The summed E-state index contributed by atoms with van der Waals surface area (Å²) in [5.41, 5.74) is 22.3. The fraction of sp³-hybridized carbons (Fsp3) is 0.250. The summed E-state index contributed by atoms with van der Waals surface area (Å²) >= 11 is 0. The predicted molar refractivity (Wildman–Crippen MR) is 443 cm³/mol. The number of rotatable bonds is 15. The van der Waals surface area contributed by atoms with Crippen molar-refractivity contribution in [1.82, 2.24) is 23.1 Å². The summed E-state index contributed by atoms with van der Waals surface area (Å²) in [6.07, 6.45) is 23.1. The molecule has 0 aliphatic rings. The standard InChI is InChI=1S/C30H36N5.C28H35N4.C22H23N4.C16H19N4/c1-21(2)23-13-10-14-24(22(3)4)29(23)35-26-16-9-8-15-25(26)33(7)30(35)27-17-11-18-28(32(27)6)34-20-12-19-31(34)5;1-20(2)22-12-10-13-23(21(3)4)27(22)32-19-18-30(6)28(32)26-16-11-15-25(31(26)7)24-14-8-9-17-29(24)5;1-23-15-8-7-12-19(23)20-13-9-14-21(25(20)3)22-24(2)16-17-26(22)18-10-5-4-6-11-18;1-17-11-5-4-8-14(17)15-9-6-10-16(19(15)3)20-13-7-12-18(20)2/h8-22H,1-7H3;8-21H,1-7H3;4-17H,1-3H3;4-13H,1-3H3/q4*+3. The first-order valence-corrected chi connectivity index (χ1v) is 39.3. The van der Waals surface area contributed by atoms with Crippen molar-refractivity contribution in [3.63, 3.8) is 0 Å². The van der Waals surface area contributed by atoms with Crippen LogP contribution >= 0.6 is 0 Å². The SMILES string of the molecule is CC(C)c1cccc(C(C)C)c1-n1c(-c2cccc(-n3ccc[n+]3C)[n+]2C)[n+](C)c2ccccc21.CC(C)c1cccc(C(C)C)c1-n1cc[n+](C)c1-c1cccc(-c2cccc[n+]2C)[n+]1C.C[n+]1ccccc1-c1cccc(-c2n(-c3ccccc3)cc[n+]2C)[n+]1C.C[n+]1ccccc1-c1cccc(-n2ccc[n+]2C)[n+]1C. The van der Waals surface area contributed by atoms with Crippen LogP contribution in [0.15, 0.2) is 299 Å². The molecule has 0 saturated carbocycles. The normalized spacial score (nSPS) is 11.3. The lowest BCUT2D eigenvalue weighted by Crippen LogP contribution is -2.47. The van der Waals surface area contributed by atoms with E-state index in [1.165, 1.54) is 96.2 Å². The highest BCUT2D eigenvalue weighted by Crippen LogP contribution is 2.37. The number of imidazole rings is 3. The smallest absolute Gasteiger partial charge is 0.227 e. The Morgan fingerprint density at radius 2 is 0.584 bits per heavy atom. The van der Waals surface area contributed by atoms with E-state index in [2.05, 4.69) is 479 Å². The monoisotopic (exact) mass is 1500 g/mol. The summed E-state index contributed by atoms with van der Waals surface area (Å²) in [6, 6.07) is 81.6. The largest absolute Gasteiger partial charge is 0.359 e. The molecule has 0 unspecified atom stereocenters. The van der Waals surface area contributed by atoms with E-state index in [0.29, 0.717) is 23.7 Å². The Hall–Kier alpha value is -12.8. The van der Waals surface area contributed by atoms with Crippen LogP contribution < -0.4 is 55.0 Å². The third kappa shape index (κ3) is 15.6. The van der Waals surface area contributed by atoms with Gasteiger partial charge in [0.2, 0.25) is 18.1 Å². The zero-order valence-corrected chi connectivity index (χ0v) is 69.7. The molecule has 0 saturated heterocycles. The molecule has 0 amide bonds. The molecule has 0 radical (unpaired) electrons. The van der Waals surface area contributed by atoms with Gasteiger partial charge in [0, 0.05) is 104 Å². The molecule has 0 spiro atoms. The first-order chi connectivity index (χ1) is 54.5. The van der Waals surface area contributed by atoms with Gasteiger partial charge >= 0.3 is 29.1 Å². The Morgan fingerprint density at radius 1 is 0.239 bits per heavy atom. The first-order valence-electron chi connectivity index (χ1n) is 39.3. The summed E-state index contributed by atoms with van der Waals surface area (Å²) in [5.74, 6) is 7.39. The highest BCUT2D eigenvalue weighted by atomic mass is 15.4. The number of benzene rings is 4. The number of pyridine rings is 7. The van der Waals surface area contributed by atoms with E-state index < -0.39 is 0 Å². The number of para-hydroxylation sites is 5. The van der Waals surface area contributed by atoms with Crippen molar-refractivity contribution in [2.75, 3.05) is 0 Å². The van der Waals surface area contributed by atoms with Gasteiger partial charge in [-0.15, -0.1) is 0 Å². The van der Waals surface area contributed by atoms with Crippen molar-refractivity contribution in [3.05, 3.63) is 321 Å². The molecule has 0 bridgehead atoms.